The smallest absolute Gasteiger partial charge is 0.193 e. The molecule has 0 aliphatic rings. The molecule has 0 amide bonds. The van der Waals surface area contributed by atoms with Gasteiger partial charge < -0.3 is 20.5 Å². The van der Waals surface area contributed by atoms with Crippen molar-refractivity contribution in [2.24, 2.45) is 10.7 Å². The third-order valence-corrected chi connectivity index (χ3v) is 4.01. The summed E-state index contributed by atoms with van der Waals surface area (Å²) in [6.45, 7) is 7.87. The van der Waals surface area contributed by atoms with E-state index >= 15 is 0 Å². The molecule has 5 heteroatoms. The van der Waals surface area contributed by atoms with E-state index in [2.05, 4.69) is 36.3 Å². The minimum absolute atomic E-state index is 0.384. The van der Waals surface area contributed by atoms with Gasteiger partial charge in [-0.05, 0) is 42.2 Å². The van der Waals surface area contributed by atoms with Crippen LogP contribution in [0.5, 0.6) is 5.75 Å². The Morgan fingerprint density at radius 3 is 2.69 bits per heavy atom. The van der Waals surface area contributed by atoms with Gasteiger partial charge in [0, 0.05) is 18.4 Å². The van der Waals surface area contributed by atoms with Gasteiger partial charge in [-0.15, -0.1) is 0 Å². The monoisotopic (exact) mass is 355 g/mol. The highest BCUT2D eigenvalue weighted by molar-refractivity contribution is 5.92. The fourth-order valence-corrected chi connectivity index (χ4v) is 2.50. The lowest BCUT2D eigenvalue weighted by Gasteiger charge is -2.12. The summed E-state index contributed by atoms with van der Waals surface area (Å²) in [5.41, 5.74) is 10.4. The summed E-state index contributed by atoms with van der Waals surface area (Å²) in [6, 6.07) is 14.3. The highest BCUT2D eigenvalue weighted by Crippen LogP contribution is 2.22. The highest BCUT2D eigenvalue weighted by Gasteiger charge is 2.05. The van der Waals surface area contributed by atoms with Gasteiger partial charge in [-0.2, -0.15) is 0 Å². The third kappa shape index (κ3) is 6.08. The Balaban J connectivity index is 2.05. The molecule has 3 N–H and O–H groups in total. The van der Waals surface area contributed by atoms with E-state index in [0.29, 0.717) is 31.6 Å². The van der Waals surface area contributed by atoms with Crippen molar-refractivity contribution in [2.75, 3.05) is 25.6 Å². The zero-order valence-corrected chi connectivity index (χ0v) is 16.1. The van der Waals surface area contributed by atoms with Crippen LogP contribution in [0.15, 0.2) is 47.5 Å². The summed E-state index contributed by atoms with van der Waals surface area (Å²) in [5.74, 6) is 1.67. The number of guanidine groups is 1. The number of ether oxygens (including phenoxy) is 2. The van der Waals surface area contributed by atoms with Gasteiger partial charge in [-0.1, -0.05) is 38.1 Å². The summed E-state index contributed by atoms with van der Waals surface area (Å²) < 4.78 is 10.8. The largest absolute Gasteiger partial charge is 0.491 e. The molecular weight excluding hydrogens is 326 g/mol. The zero-order chi connectivity index (χ0) is 18.9. The van der Waals surface area contributed by atoms with Crippen molar-refractivity contribution in [2.45, 2.75) is 33.2 Å². The Labute approximate surface area is 156 Å². The van der Waals surface area contributed by atoms with E-state index in [4.69, 9.17) is 15.2 Å². The first kappa shape index (κ1) is 19.8. The highest BCUT2D eigenvalue weighted by atomic mass is 16.5. The number of hydrogen-bond acceptors (Lipinski definition) is 3. The molecule has 0 bridgehead atoms. The first-order chi connectivity index (χ1) is 12.5. The average Bonchev–Trinajstić information content (AvgIpc) is 2.61. The first-order valence-corrected chi connectivity index (χ1v) is 8.87. The minimum Gasteiger partial charge on any atom is -0.491 e. The molecule has 0 aliphatic heterocycles. The molecule has 140 valence electrons. The van der Waals surface area contributed by atoms with E-state index < -0.39 is 0 Å². The molecule has 2 aromatic carbocycles. The second-order valence-electron chi connectivity index (χ2n) is 6.56. The van der Waals surface area contributed by atoms with Gasteiger partial charge in [0.1, 0.15) is 12.4 Å². The lowest BCUT2D eigenvalue weighted by atomic mass is 10.0. The summed E-state index contributed by atoms with van der Waals surface area (Å²) in [7, 11) is 1.66. The molecule has 0 radical (unpaired) electrons. The number of methoxy groups -OCH3 is 1. The Kier molecular flexibility index (Phi) is 7.48. The van der Waals surface area contributed by atoms with Gasteiger partial charge in [0.25, 0.3) is 0 Å². The lowest BCUT2D eigenvalue weighted by Crippen LogP contribution is -2.22. The van der Waals surface area contributed by atoms with Gasteiger partial charge in [0.15, 0.2) is 5.96 Å². The van der Waals surface area contributed by atoms with Crippen molar-refractivity contribution in [3.05, 3.63) is 59.2 Å². The molecule has 0 spiro atoms. The topological polar surface area (TPSA) is 68.9 Å². The maximum atomic E-state index is 6.06. The molecule has 5 nitrogen and oxygen atoms in total. The number of aliphatic imine (C=N–C) groups is 1. The quantitative estimate of drug-likeness (QED) is 0.425. The number of nitrogens with one attached hydrogen (secondary N) is 1. The number of aryl methyl sites for hydroxylation is 1. The standard InChI is InChI=1S/C21H29N3O2/c1-15(2)17-6-5-7-19(13-17)24-21(22)23-14-18-9-8-16(3)12-20(18)26-11-10-25-4/h5-9,12-13,15H,10-11,14H2,1-4H3,(H3,22,23,24). The second-order valence-corrected chi connectivity index (χ2v) is 6.56. The van der Waals surface area contributed by atoms with Crippen molar-refractivity contribution < 1.29 is 9.47 Å². The van der Waals surface area contributed by atoms with Crippen LogP contribution < -0.4 is 15.8 Å². The van der Waals surface area contributed by atoms with E-state index in [1.165, 1.54) is 5.56 Å². The van der Waals surface area contributed by atoms with Crippen LogP contribution in [0, 0.1) is 6.92 Å². The molecule has 0 unspecified atom stereocenters. The summed E-state index contributed by atoms with van der Waals surface area (Å²) >= 11 is 0. The lowest BCUT2D eigenvalue weighted by molar-refractivity contribution is 0.146. The molecule has 2 aromatic rings. The number of anilines is 1. The molecule has 0 saturated heterocycles. The van der Waals surface area contributed by atoms with Crippen LogP contribution in [0.1, 0.15) is 36.5 Å². The Bertz CT molecular complexity index is 742. The summed E-state index contributed by atoms with van der Waals surface area (Å²) in [6.07, 6.45) is 0. The third-order valence-electron chi connectivity index (χ3n) is 4.01. The minimum atomic E-state index is 0.384. The predicted molar refractivity (Wildman–Crippen MR) is 108 cm³/mol. The summed E-state index contributed by atoms with van der Waals surface area (Å²) in [5, 5.41) is 3.16. The van der Waals surface area contributed by atoms with E-state index in [-0.39, 0.29) is 0 Å². The molecule has 0 saturated carbocycles. The number of nitrogens with two attached hydrogens (primary N) is 1. The molecule has 2 rings (SSSR count). The van der Waals surface area contributed by atoms with E-state index in [9.17, 15) is 0 Å². The van der Waals surface area contributed by atoms with E-state index in [1.54, 1.807) is 7.11 Å². The number of benzene rings is 2. The Hall–Kier alpha value is -2.53. The molecule has 0 fully saturated rings. The van der Waals surface area contributed by atoms with E-state index in [1.807, 2.05) is 37.3 Å². The molecule has 0 aliphatic carbocycles. The van der Waals surface area contributed by atoms with Gasteiger partial charge in [-0.25, -0.2) is 4.99 Å². The van der Waals surface area contributed by atoms with Crippen molar-refractivity contribution in [3.63, 3.8) is 0 Å². The van der Waals surface area contributed by atoms with Crippen molar-refractivity contribution >= 4 is 11.6 Å². The van der Waals surface area contributed by atoms with Gasteiger partial charge in [0.2, 0.25) is 0 Å². The van der Waals surface area contributed by atoms with Crippen LogP contribution in [-0.2, 0) is 11.3 Å². The fourth-order valence-electron chi connectivity index (χ4n) is 2.50. The van der Waals surface area contributed by atoms with Crippen LogP contribution in [0.3, 0.4) is 0 Å². The normalized spacial score (nSPS) is 11.7. The molecule has 0 heterocycles. The van der Waals surface area contributed by atoms with Crippen LogP contribution in [-0.4, -0.2) is 26.3 Å². The molecule has 0 atom stereocenters. The van der Waals surface area contributed by atoms with Gasteiger partial charge in [0.05, 0.1) is 13.2 Å². The predicted octanol–water partition coefficient (Wildman–Crippen LogP) is 4.07. The molecule has 0 aromatic heterocycles. The second kappa shape index (κ2) is 9.82. The van der Waals surface area contributed by atoms with Gasteiger partial charge in [-0.3, -0.25) is 0 Å². The van der Waals surface area contributed by atoms with Gasteiger partial charge >= 0.3 is 0 Å². The number of hydrogen-bond donors (Lipinski definition) is 2. The van der Waals surface area contributed by atoms with Crippen molar-refractivity contribution in [1.29, 1.82) is 0 Å². The van der Waals surface area contributed by atoms with Crippen molar-refractivity contribution in [3.8, 4) is 5.75 Å². The summed E-state index contributed by atoms with van der Waals surface area (Å²) in [4.78, 5) is 4.45. The maximum absolute atomic E-state index is 6.06. The number of nitrogens with zero attached hydrogens (tertiary/aromatic N) is 1. The van der Waals surface area contributed by atoms with Crippen LogP contribution in [0.4, 0.5) is 5.69 Å². The zero-order valence-electron chi connectivity index (χ0n) is 16.1. The van der Waals surface area contributed by atoms with Crippen LogP contribution in [0.2, 0.25) is 0 Å². The Morgan fingerprint density at radius 1 is 1.15 bits per heavy atom. The van der Waals surface area contributed by atoms with Crippen LogP contribution in [0.25, 0.3) is 0 Å². The fraction of sp³-hybridized carbons (Fsp3) is 0.381. The molecular formula is C21H29N3O2. The Morgan fingerprint density at radius 2 is 1.96 bits per heavy atom. The first-order valence-electron chi connectivity index (χ1n) is 8.87. The van der Waals surface area contributed by atoms with Crippen LogP contribution >= 0.6 is 0 Å². The average molecular weight is 355 g/mol. The SMILES string of the molecule is COCCOc1cc(C)ccc1CN=C(N)Nc1cccc(C(C)C)c1. The molecule has 26 heavy (non-hydrogen) atoms. The van der Waals surface area contributed by atoms with Crippen molar-refractivity contribution in [1.82, 2.24) is 0 Å². The number of rotatable bonds is 8. The maximum Gasteiger partial charge on any atom is 0.193 e. The van der Waals surface area contributed by atoms with E-state index in [0.717, 1.165) is 22.6 Å².